The molecule has 0 spiro atoms. The zero-order valence-corrected chi connectivity index (χ0v) is 12.3. The molecular formula is C14H23NO2S. The second kappa shape index (κ2) is 8.40. The van der Waals surface area contributed by atoms with E-state index in [2.05, 4.69) is 19.9 Å². The molecule has 0 aliphatic heterocycles. The van der Waals surface area contributed by atoms with Gasteiger partial charge in [0.1, 0.15) is 12.4 Å². The minimum absolute atomic E-state index is 0.499. The van der Waals surface area contributed by atoms with Crippen LogP contribution in [0.25, 0.3) is 0 Å². The molecule has 0 radical (unpaired) electrons. The number of benzene rings is 1. The van der Waals surface area contributed by atoms with Crippen LogP contribution in [0.4, 0.5) is 0 Å². The largest absolute Gasteiger partial charge is 0.491 e. The van der Waals surface area contributed by atoms with Gasteiger partial charge < -0.3 is 15.2 Å². The quantitative estimate of drug-likeness (QED) is 0.582. The first-order chi connectivity index (χ1) is 8.69. The molecule has 102 valence electrons. The van der Waals surface area contributed by atoms with Gasteiger partial charge in [-0.05, 0) is 24.3 Å². The molecule has 1 rings (SSSR count). The Morgan fingerprint density at radius 3 is 2.67 bits per heavy atom. The van der Waals surface area contributed by atoms with Crippen LogP contribution in [0, 0.1) is 5.92 Å². The highest BCUT2D eigenvalue weighted by Crippen LogP contribution is 2.28. The average Bonchev–Trinajstić information content (AvgIpc) is 2.37. The van der Waals surface area contributed by atoms with Gasteiger partial charge in [0.15, 0.2) is 0 Å². The van der Waals surface area contributed by atoms with E-state index < -0.39 is 0 Å². The minimum Gasteiger partial charge on any atom is -0.491 e. The smallest absolute Gasteiger partial charge is 0.125 e. The predicted octanol–water partition coefficient (Wildman–Crippen LogP) is 2.92. The van der Waals surface area contributed by atoms with Crippen LogP contribution in [0.2, 0.25) is 0 Å². The lowest BCUT2D eigenvalue weighted by molar-refractivity contribution is 0.0815. The molecule has 3 nitrogen and oxygen atoms in total. The summed E-state index contributed by atoms with van der Waals surface area (Å²) in [5, 5.41) is 0. The van der Waals surface area contributed by atoms with Crippen LogP contribution in [-0.4, -0.2) is 26.1 Å². The summed E-state index contributed by atoms with van der Waals surface area (Å²) in [7, 11) is 0. The van der Waals surface area contributed by atoms with Crippen LogP contribution < -0.4 is 10.5 Å². The van der Waals surface area contributed by atoms with Gasteiger partial charge in [0.05, 0.1) is 6.61 Å². The maximum absolute atomic E-state index is 5.77. The van der Waals surface area contributed by atoms with Crippen molar-refractivity contribution in [3.05, 3.63) is 23.8 Å². The van der Waals surface area contributed by atoms with E-state index in [9.17, 15) is 0 Å². The van der Waals surface area contributed by atoms with E-state index in [1.54, 1.807) is 11.8 Å². The van der Waals surface area contributed by atoms with Crippen molar-refractivity contribution in [2.24, 2.45) is 11.7 Å². The lowest BCUT2D eigenvalue weighted by Gasteiger charge is -2.13. The van der Waals surface area contributed by atoms with Crippen molar-refractivity contribution < 1.29 is 9.47 Å². The number of nitrogens with two attached hydrogens (primary N) is 1. The van der Waals surface area contributed by atoms with Crippen molar-refractivity contribution in [2.45, 2.75) is 25.3 Å². The lowest BCUT2D eigenvalue weighted by atomic mass is 10.2. The lowest BCUT2D eigenvalue weighted by Crippen LogP contribution is -2.12. The molecule has 0 fully saturated rings. The molecule has 0 aliphatic carbocycles. The highest BCUT2D eigenvalue weighted by molar-refractivity contribution is 7.98. The molecule has 0 heterocycles. The van der Waals surface area contributed by atoms with Crippen LogP contribution in [0.15, 0.2) is 23.1 Å². The summed E-state index contributed by atoms with van der Waals surface area (Å²) >= 11 is 1.69. The standard InChI is InChI=1S/C14H23NO2S/c1-11(2)10-16-7-8-17-13-5-4-6-14(18-3)12(13)9-15/h4-6,11H,7-10,15H2,1-3H3. The summed E-state index contributed by atoms with van der Waals surface area (Å²) in [5.74, 6) is 1.43. The third kappa shape index (κ3) is 4.88. The molecule has 1 aromatic carbocycles. The topological polar surface area (TPSA) is 44.5 Å². The number of ether oxygens (including phenoxy) is 2. The Kier molecular flexibility index (Phi) is 7.16. The Morgan fingerprint density at radius 2 is 2.06 bits per heavy atom. The van der Waals surface area contributed by atoms with Gasteiger partial charge >= 0.3 is 0 Å². The third-order valence-electron chi connectivity index (χ3n) is 2.45. The number of hydrogen-bond acceptors (Lipinski definition) is 4. The van der Waals surface area contributed by atoms with Crippen molar-refractivity contribution in [3.63, 3.8) is 0 Å². The minimum atomic E-state index is 0.499. The fourth-order valence-electron chi connectivity index (χ4n) is 1.60. The molecule has 0 aliphatic rings. The van der Waals surface area contributed by atoms with Crippen molar-refractivity contribution in [2.75, 3.05) is 26.1 Å². The molecule has 0 bridgehead atoms. The molecule has 18 heavy (non-hydrogen) atoms. The molecule has 0 saturated heterocycles. The van der Waals surface area contributed by atoms with Crippen LogP contribution >= 0.6 is 11.8 Å². The monoisotopic (exact) mass is 269 g/mol. The van der Waals surface area contributed by atoms with Crippen LogP contribution in [0.3, 0.4) is 0 Å². The van der Waals surface area contributed by atoms with E-state index in [1.165, 1.54) is 4.90 Å². The molecular weight excluding hydrogens is 246 g/mol. The fraction of sp³-hybridized carbons (Fsp3) is 0.571. The van der Waals surface area contributed by atoms with Gasteiger partial charge in [-0.2, -0.15) is 0 Å². The SMILES string of the molecule is CSc1cccc(OCCOCC(C)C)c1CN. The zero-order valence-electron chi connectivity index (χ0n) is 11.4. The van der Waals surface area contributed by atoms with Crippen molar-refractivity contribution >= 4 is 11.8 Å². The van der Waals surface area contributed by atoms with Crippen LogP contribution in [-0.2, 0) is 11.3 Å². The van der Waals surface area contributed by atoms with Crippen molar-refractivity contribution in [1.29, 1.82) is 0 Å². The summed E-state index contributed by atoms with van der Waals surface area (Å²) in [5.41, 5.74) is 6.85. The fourth-order valence-corrected chi connectivity index (χ4v) is 2.25. The van der Waals surface area contributed by atoms with E-state index in [0.717, 1.165) is 17.9 Å². The van der Waals surface area contributed by atoms with E-state index in [4.69, 9.17) is 15.2 Å². The summed E-state index contributed by atoms with van der Waals surface area (Å²) in [6, 6.07) is 6.02. The Morgan fingerprint density at radius 1 is 1.28 bits per heavy atom. The second-order valence-electron chi connectivity index (χ2n) is 4.46. The van der Waals surface area contributed by atoms with Gasteiger partial charge in [0.2, 0.25) is 0 Å². The number of hydrogen-bond donors (Lipinski definition) is 1. The maximum atomic E-state index is 5.77. The normalized spacial score (nSPS) is 10.9. The first-order valence-corrected chi connectivity index (χ1v) is 7.48. The highest BCUT2D eigenvalue weighted by atomic mass is 32.2. The second-order valence-corrected chi connectivity index (χ2v) is 5.31. The molecule has 0 unspecified atom stereocenters. The molecule has 4 heteroatoms. The summed E-state index contributed by atoms with van der Waals surface area (Å²) < 4.78 is 11.2. The maximum Gasteiger partial charge on any atom is 0.125 e. The Bertz CT molecular complexity index is 356. The number of thioether (sulfide) groups is 1. The molecule has 0 aromatic heterocycles. The van der Waals surface area contributed by atoms with E-state index in [-0.39, 0.29) is 0 Å². The van der Waals surface area contributed by atoms with E-state index >= 15 is 0 Å². The van der Waals surface area contributed by atoms with Crippen LogP contribution in [0.5, 0.6) is 5.75 Å². The van der Waals surface area contributed by atoms with Crippen LogP contribution in [0.1, 0.15) is 19.4 Å². The average molecular weight is 269 g/mol. The van der Waals surface area contributed by atoms with E-state index in [1.807, 2.05) is 18.4 Å². The van der Waals surface area contributed by atoms with Crippen molar-refractivity contribution in [1.82, 2.24) is 0 Å². The highest BCUT2D eigenvalue weighted by Gasteiger charge is 2.07. The molecule has 1 aromatic rings. The Labute approximate surface area is 114 Å². The van der Waals surface area contributed by atoms with Gasteiger partial charge in [-0.3, -0.25) is 0 Å². The Hall–Kier alpha value is -0.710. The predicted molar refractivity (Wildman–Crippen MR) is 77.3 cm³/mol. The first-order valence-electron chi connectivity index (χ1n) is 6.25. The third-order valence-corrected chi connectivity index (χ3v) is 3.27. The first kappa shape index (κ1) is 15.3. The van der Waals surface area contributed by atoms with E-state index in [0.29, 0.717) is 25.7 Å². The van der Waals surface area contributed by atoms with Gasteiger partial charge in [-0.25, -0.2) is 0 Å². The Balaban J connectivity index is 2.46. The molecule has 0 amide bonds. The zero-order chi connectivity index (χ0) is 13.4. The molecule has 0 saturated carbocycles. The van der Waals surface area contributed by atoms with Crippen molar-refractivity contribution in [3.8, 4) is 5.75 Å². The molecule has 2 N–H and O–H groups in total. The van der Waals surface area contributed by atoms with Gasteiger partial charge in [0, 0.05) is 23.6 Å². The van der Waals surface area contributed by atoms with Gasteiger partial charge in [-0.15, -0.1) is 11.8 Å². The summed E-state index contributed by atoms with van der Waals surface area (Å²) in [6.45, 7) is 6.73. The summed E-state index contributed by atoms with van der Waals surface area (Å²) in [4.78, 5) is 1.18. The van der Waals surface area contributed by atoms with Gasteiger partial charge in [-0.1, -0.05) is 19.9 Å². The molecule has 0 atom stereocenters. The number of rotatable bonds is 8. The summed E-state index contributed by atoms with van der Waals surface area (Å²) in [6.07, 6.45) is 2.05. The van der Waals surface area contributed by atoms with Gasteiger partial charge in [0.25, 0.3) is 0 Å².